The minimum Gasteiger partial charge on any atom is -0.422 e. The number of sulfone groups is 1. The topological polar surface area (TPSA) is 88.1 Å². The standard InChI is InChI=1S/C13H9NO4S/c1-19(16,17)12-7-11(9-5-3-2-4-6-9)18-13(15)10(12)8-14/h2-7H,1H3. The highest BCUT2D eigenvalue weighted by molar-refractivity contribution is 7.90. The van der Waals surface area contributed by atoms with Crippen LogP contribution in [0.25, 0.3) is 11.3 Å². The molecule has 96 valence electrons. The van der Waals surface area contributed by atoms with E-state index in [0.29, 0.717) is 5.56 Å². The molecule has 0 fully saturated rings. The third kappa shape index (κ3) is 2.56. The molecule has 6 heteroatoms. The van der Waals surface area contributed by atoms with Crippen LogP contribution < -0.4 is 5.63 Å². The van der Waals surface area contributed by atoms with Crippen molar-refractivity contribution in [1.82, 2.24) is 0 Å². The van der Waals surface area contributed by atoms with Crippen LogP contribution in [0, 0.1) is 11.3 Å². The Morgan fingerprint density at radius 1 is 1.21 bits per heavy atom. The van der Waals surface area contributed by atoms with Crippen molar-refractivity contribution in [3.05, 3.63) is 52.4 Å². The van der Waals surface area contributed by atoms with Gasteiger partial charge in [-0.05, 0) is 0 Å². The van der Waals surface area contributed by atoms with E-state index in [1.54, 1.807) is 36.4 Å². The molecule has 0 aliphatic carbocycles. The summed E-state index contributed by atoms with van der Waals surface area (Å²) in [5.74, 6) is 0.116. The summed E-state index contributed by atoms with van der Waals surface area (Å²) in [4.78, 5) is 11.3. The van der Waals surface area contributed by atoms with E-state index < -0.39 is 21.0 Å². The molecular weight excluding hydrogens is 266 g/mol. The lowest BCUT2D eigenvalue weighted by molar-refractivity contribution is 0.516. The summed E-state index contributed by atoms with van der Waals surface area (Å²) >= 11 is 0. The lowest BCUT2D eigenvalue weighted by atomic mass is 10.1. The fraction of sp³-hybridized carbons (Fsp3) is 0.0769. The average molecular weight is 275 g/mol. The van der Waals surface area contributed by atoms with Crippen molar-refractivity contribution in [2.75, 3.05) is 6.26 Å². The normalized spacial score (nSPS) is 10.9. The van der Waals surface area contributed by atoms with Gasteiger partial charge in [-0.15, -0.1) is 0 Å². The Morgan fingerprint density at radius 3 is 2.37 bits per heavy atom. The Hall–Kier alpha value is -2.39. The lowest BCUT2D eigenvalue weighted by Crippen LogP contribution is -2.12. The van der Waals surface area contributed by atoms with Gasteiger partial charge in [-0.25, -0.2) is 13.2 Å². The Labute approximate surface area is 109 Å². The second-order valence-corrected chi connectivity index (χ2v) is 5.87. The van der Waals surface area contributed by atoms with Crippen molar-refractivity contribution >= 4 is 9.84 Å². The van der Waals surface area contributed by atoms with E-state index in [4.69, 9.17) is 9.68 Å². The second kappa shape index (κ2) is 4.71. The molecule has 0 N–H and O–H groups in total. The van der Waals surface area contributed by atoms with Gasteiger partial charge in [0.2, 0.25) is 0 Å². The smallest absolute Gasteiger partial charge is 0.355 e. The molecule has 0 amide bonds. The van der Waals surface area contributed by atoms with Crippen LogP contribution in [-0.2, 0) is 9.84 Å². The molecule has 1 heterocycles. The van der Waals surface area contributed by atoms with Crippen LogP contribution in [0.2, 0.25) is 0 Å². The Bertz CT molecular complexity index is 814. The maximum atomic E-state index is 11.7. The van der Waals surface area contributed by atoms with E-state index in [1.807, 2.05) is 0 Å². The maximum Gasteiger partial charge on any atom is 0.355 e. The number of rotatable bonds is 2. The van der Waals surface area contributed by atoms with Crippen LogP contribution in [0.1, 0.15) is 5.56 Å². The summed E-state index contributed by atoms with van der Waals surface area (Å²) < 4.78 is 28.2. The van der Waals surface area contributed by atoms with E-state index in [9.17, 15) is 13.2 Å². The van der Waals surface area contributed by atoms with Gasteiger partial charge in [-0.3, -0.25) is 0 Å². The van der Waals surface area contributed by atoms with Gasteiger partial charge in [-0.1, -0.05) is 30.3 Å². The van der Waals surface area contributed by atoms with Gasteiger partial charge in [0.1, 0.15) is 11.8 Å². The van der Waals surface area contributed by atoms with Crippen molar-refractivity contribution in [3.63, 3.8) is 0 Å². The van der Waals surface area contributed by atoms with Crippen LogP contribution in [0.3, 0.4) is 0 Å². The number of nitrogens with zero attached hydrogens (tertiary/aromatic N) is 1. The first-order valence-electron chi connectivity index (χ1n) is 5.27. The predicted octanol–water partition coefficient (Wildman–Crippen LogP) is 1.58. The zero-order valence-corrected chi connectivity index (χ0v) is 10.8. The molecule has 2 rings (SSSR count). The number of nitriles is 1. The fourth-order valence-corrected chi connectivity index (χ4v) is 2.43. The summed E-state index contributed by atoms with van der Waals surface area (Å²) in [6.45, 7) is 0. The lowest BCUT2D eigenvalue weighted by Gasteiger charge is -2.04. The van der Waals surface area contributed by atoms with E-state index >= 15 is 0 Å². The van der Waals surface area contributed by atoms with Gasteiger partial charge >= 0.3 is 5.63 Å². The molecule has 1 aromatic carbocycles. The van der Waals surface area contributed by atoms with Gasteiger partial charge in [0.05, 0.1) is 4.90 Å². The average Bonchev–Trinajstić information content (AvgIpc) is 2.37. The van der Waals surface area contributed by atoms with Crippen LogP contribution in [-0.4, -0.2) is 14.7 Å². The van der Waals surface area contributed by atoms with E-state index in [0.717, 1.165) is 6.26 Å². The highest BCUT2D eigenvalue weighted by Gasteiger charge is 2.20. The third-order valence-electron chi connectivity index (χ3n) is 2.48. The van der Waals surface area contributed by atoms with Crippen LogP contribution in [0.15, 0.2) is 50.5 Å². The summed E-state index contributed by atoms with van der Waals surface area (Å²) in [7, 11) is -3.68. The predicted molar refractivity (Wildman–Crippen MR) is 68.2 cm³/mol. The second-order valence-electron chi connectivity index (χ2n) is 3.89. The van der Waals surface area contributed by atoms with E-state index in [1.165, 1.54) is 6.07 Å². The molecule has 0 saturated carbocycles. The quantitative estimate of drug-likeness (QED) is 0.830. The number of benzene rings is 1. The van der Waals surface area contributed by atoms with Crippen LogP contribution in [0.4, 0.5) is 0 Å². The monoisotopic (exact) mass is 275 g/mol. The highest BCUT2D eigenvalue weighted by atomic mass is 32.2. The maximum absolute atomic E-state index is 11.7. The van der Waals surface area contributed by atoms with Crippen molar-refractivity contribution in [2.24, 2.45) is 0 Å². The largest absolute Gasteiger partial charge is 0.422 e. The zero-order valence-electron chi connectivity index (χ0n) is 9.95. The number of hydrogen-bond acceptors (Lipinski definition) is 5. The van der Waals surface area contributed by atoms with Gasteiger partial charge in [0.25, 0.3) is 0 Å². The summed E-state index contributed by atoms with van der Waals surface area (Å²) in [6.07, 6.45) is 0.942. The van der Waals surface area contributed by atoms with Crippen LogP contribution >= 0.6 is 0 Å². The van der Waals surface area contributed by atoms with Crippen molar-refractivity contribution in [2.45, 2.75) is 4.90 Å². The van der Waals surface area contributed by atoms with Gasteiger partial charge < -0.3 is 4.42 Å². The van der Waals surface area contributed by atoms with E-state index in [2.05, 4.69) is 0 Å². The molecule has 5 nitrogen and oxygen atoms in total. The molecule has 0 saturated heterocycles. The first-order valence-corrected chi connectivity index (χ1v) is 7.16. The Kier molecular flexibility index (Phi) is 3.23. The molecule has 0 aliphatic heterocycles. The van der Waals surface area contributed by atoms with E-state index in [-0.39, 0.29) is 10.7 Å². The van der Waals surface area contributed by atoms with Gasteiger partial charge in [-0.2, -0.15) is 5.26 Å². The van der Waals surface area contributed by atoms with Crippen molar-refractivity contribution < 1.29 is 12.8 Å². The summed E-state index contributed by atoms with van der Waals surface area (Å²) in [5.41, 5.74) is -0.888. The molecule has 0 radical (unpaired) electrons. The fourth-order valence-electron chi connectivity index (χ4n) is 1.61. The number of hydrogen-bond donors (Lipinski definition) is 0. The van der Waals surface area contributed by atoms with Gasteiger partial charge in [0, 0.05) is 17.9 Å². The SMILES string of the molecule is CS(=O)(=O)c1cc(-c2ccccc2)oc(=O)c1C#N. The minimum atomic E-state index is -3.68. The summed E-state index contributed by atoms with van der Waals surface area (Å²) in [6, 6.07) is 11.4. The van der Waals surface area contributed by atoms with Crippen LogP contribution in [0.5, 0.6) is 0 Å². The molecule has 0 aliphatic rings. The zero-order chi connectivity index (χ0) is 14.0. The minimum absolute atomic E-state index is 0.116. The molecular formula is C13H9NO4S. The first kappa shape index (κ1) is 13.1. The van der Waals surface area contributed by atoms with Crippen molar-refractivity contribution in [3.8, 4) is 17.4 Å². The molecule has 0 unspecified atom stereocenters. The van der Waals surface area contributed by atoms with Gasteiger partial charge in [0.15, 0.2) is 15.4 Å². The van der Waals surface area contributed by atoms with Crippen molar-refractivity contribution in [1.29, 1.82) is 5.26 Å². The molecule has 0 spiro atoms. The first-order chi connectivity index (χ1) is 8.93. The highest BCUT2D eigenvalue weighted by Crippen LogP contribution is 2.22. The molecule has 0 atom stereocenters. The summed E-state index contributed by atoms with van der Waals surface area (Å²) in [5, 5.41) is 8.85. The molecule has 0 bridgehead atoms. The Balaban J connectivity index is 2.80. The molecule has 19 heavy (non-hydrogen) atoms. The third-order valence-corrected chi connectivity index (χ3v) is 3.61. The Morgan fingerprint density at radius 2 is 1.84 bits per heavy atom. The molecule has 2 aromatic rings. The molecule has 1 aromatic heterocycles.